The Morgan fingerprint density at radius 3 is 2.25 bits per heavy atom. The van der Waals surface area contributed by atoms with Gasteiger partial charge in [0.25, 0.3) is 0 Å². The van der Waals surface area contributed by atoms with Gasteiger partial charge in [-0.2, -0.15) is 18.3 Å². The van der Waals surface area contributed by atoms with Gasteiger partial charge in [0.1, 0.15) is 0 Å². The molecule has 0 atom stereocenters. The van der Waals surface area contributed by atoms with Crippen LogP contribution in [0.3, 0.4) is 0 Å². The molecule has 2 rings (SSSR count). The van der Waals surface area contributed by atoms with Gasteiger partial charge >= 0.3 is 6.18 Å². The molecule has 2 nitrogen and oxygen atoms in total. The summed E-state index contributed by atoms with van der Waals surface area (Å²) in [7, 11) is 0. The van der Waals surface area contributed by atoms with Crippen LogP contribution in [0.2, 0.25) is 5.02 Å². The topological polar surface area (TPSA) is 17.8 Å². The first-order valence-corrected chi connectivity index (χ1v) is 6.40. The molecule has 0 unspecified atom stereocenters. The number of halogens is 4. The van der Waals surface area contributed by atoms with E-state index in [1.807, 2.05) is 20.8 Å². The normalized spacial score (nSPS) is 12.8. The average molecular weight is 303 g/mol. The number of nitrogens with zero attached hydrogens (tertiary/aromatic N) is 2. The van der Waals surface area contributed by atoms with Gasteiger partial charge in [-0.1, -0.05) is 38.4 Å². The summed E-state index contributed by atoms with van der Waals surface area (Å²) in [6, 6.07) is 7.69. The maximum Gasteiger partial charge on any atom is 0.435 e. The summed E-state index contributed by atoms with van der Waals surface area (Å²) in [5.41, 5.74) is -0.383. The van der Waals surface area contributed by atoms with E-state index in [1.165, 1.54) is 4.68 Å². The highest BCUT2D eigenvalue weighted by molar-refractivity contribution is 6.30. The Kier molecular flexibility index (Phi) is 3.58. The highest BCUT2D eigenvalue weighted by Gasteiger charge is 2.36. The van der Waals surface area contributed by atoms with E-state index in [0.29, 0.717) is 16.4 Å². The van der Waals surface area contributed by atoms with E-state index in [4.69, 9.17) is 11.6 Å². The lowest BCUT2D eigenvalue weighted by Crippen LogP contribution is -2.17. The number of alkyl halides is 3. The van der Waals surface area contributed by atoms with Gasteiger partial charge in [-0.05, 0) is 24.3 Å². The zero-order valence-corrected chi connectivity index (χ0v) is 12.0. The van der Waals surface area contributed by atoms with Crippen molar-refractivity contribution in [1.29, 1.82) is 0 Å². The molecule has 20 heavy (non-hydrogen) atoms. The van der Waals surface area contributed by atoms with Crippen LogP contribution in [0.15, 0.2) is 30.3 Å². The van der Waals surface area contributed by atoms with Crippen LogP contribution in [0.4, 0.5) is 13.2 Å². The predicted molar refractivity (Wildman–Crippen MR) is 72.3 cm³/mol. The second kappa shape index (κ2) is 4.81. The molecule has 0 spiro atoms. The van der Waals surface area contributed by atoms with Crippen molar-refractivity contribution < 1.29 is 13.2 Å². The van der Waals surface area contributed by atoms with Crippen LogP contribution in [-0.2, 0) is 11.6 Å². The maximum atomic E-state index is 12.9. The Morgan fingerprint density at radius 2 is 1.75 bits per heavy atom. The smallest absolute Gasteiger partial charge is 0.237 e. The highest BCUT2D eigenvalue weighted by atomic mass is 35.5. The van der Waals surface area contributed by atoms with Crippen LogP contribution in [0.1, 0.15) is 32.2 Å². The van der Waals surface area contributed by atoms with E-state index in [1.54, 1.807) is 24.3 Å². The highest BCUT2D eigenvalue weighted by Crippen LogP contribution is 2.33. The summed E-state index contributed by atoms with van der Waals surface area (Å²) in [6.07, 6.45) is -4.47. The van der Waals surface area contributed by atoms with E-state index in [2.05, 4.69) is 5.10 Å². The fraction of sp³-hybridized carbons (Fsp3) is 0.357. The molecule has 1 aromatic carbocycles. The van der Waals surface area contributed by atoms with Crippen molar-refractivity contribution in [2.24, 2.45) is 0 Å². The van der Waals surface area contributed by atoms with E-state index in [-0.39, 0.29) is 0 Å². The first-order valence-electron chi connectivity index (χ1n) is 6.03. The molecule has 0 saturated carbocycles. The standard InChI is InChI=1S/C14H14ClF3N2/c1-13(2,3)12-8-11(14(16,17)18)19-20(12)10-6-4-5-9(15)7-10/h4-8H,1-3H3. The predicted octanol–water partition coefficient (Wildman–Crippen LogP) is 4.84. The van der Waals surface area contributed by atoms with Crippen LogP contribution in [0.5, 0.6) is 0 Å². The van der Waals surface area contributed by atoms with Gasteiger partial charge in [-0.25, -0.2) is 4.68 Å². The van der Waals surface area contributed by atoms with Gasteiger partial charge in [0.2, 0.25) is 0 Å². The fourth-order valence-corrected chi connectivity index (χ4v) is 2.04. The van der Waals surface area contributed by atoms with Crippen molar-refractivity contribution in [3.63, 3.8) is 0 Å². The maximum absolute atomic E-state index is 12.9. The van der Waals surface area contributed by atoms with E-state index >= 15 is 0 Å². The van der Waals surface area contributed by atoms with Gasteiger partial charge in [0.05, 0.1) is 11.4 Å². The Bertz CT molecular complexity index is 624. The average Bonchev–Trinajstić information content (AvgIpc) is 2.72. The van der Waals surface area contributed by atoms with E-state index in [9.17, 15) is 13.2 Å². The van der Waals surface area contributed by atoms with Crippen LogP contribution in [0, 0.1) is 0 Å². The Hall–Kier alpha value is -1.49. The first-order chi connectivity index (χ1) is 9.09. The number of hydrogen-bond acceptors (Lipinski definition) is 1. The molecular formula is C14H14ClF3N2. The van der Waals surface area contributed by atoms with E-state index in [0.717, 1.165) is 6.07 Å². The van der Waals surface area contributed by atoms with Gasteiger partial charge < -0.3 is 0 Å². The van der Waals surface area contributed by atoms with Crippen molar-refractivity contribution in [2.75, 3.05) is 0 Å². The van der Waals surface area contributed by atoms with Crippen LogP contribution in [0.25, 0.3) is 5.69 Å². The van der Waals surface area contributed by atoms with Gasteiger partial charge in [-0.15, -0.1) is 0 Å². The monoisotopic (exact) mass is 302 g/mol. The quantitative estimate of drug-likeness (QED) is 0.737. The summed E-state index contributed by atoms with van der Waals surface area (Å²) < 4.78 is 39.9. The zero-order chi connectivity index (χ0) is 15.1. The third-order valence-electron chi connectivity index (χ3n) is 2.82. The minimum atomic E-state index is -4.47. The lowest BCUT2D eigenvalue weighted by Gasteiger charge is -2.20. The van der Waals surface area contributed by atoms with Crippen molar-refractivity contribution >= 4 is 11.6 Å². The number of rotatable bonds is 1. The van der Waals surface area contributed by atoms with Crippen molar-refractivity contribution in [1.82, 2.24) is 9.78 Å². The second-order valence-corrected chi connectivity index (χ2v) is 5.99. The molecule has 0 N–H and O–H groups in total. The number of hydrogen-bond donors (Lipinski definition) is 0. The molecule has 2 aromatic rings. The summed E-state index contributed by atoms with van der Waals surface area (Å²) in [5, 5.41) is 4.14. The summed E-state index contributed by atoms with van der Waals surface area (Å²) >= 11 is 5.89. The summed E-state index contributed by atoms with van der Waals surface area (Å²) in [4.78, 5) is 0. The fourth-order valence-electron chi connectivity index (χ4n) is 1.86. The number of benzene rings is 1. The second-order valence-electron chi connectivity index (χ2n) is 5.55. The molecule has 0 amide bonds. The Balaban J connectivity index is 2.65. The minimum absolute atomic E-state index is 0.450. The third-order valence-corrected chi connectivity index (χ3v) is 3.06. The van der Waals surface area contributed by atoms with E-state index < -0.39 is 17.3 Å². The summed E-state index contributed by atoms with van der Waals surface area (Å²) in [6.45, 7) is 5.52. The molecule has 0 aliphatic carbocycles. The van der Waals surface area contributed by atoms with Gasteiger partial charge in [-0.3, -0.25) is 0 Å². The van der Waals surface area contributed by atoms with Crippen LogP contribution >= 0.6 is 11.6 Å². The Morgan fingerprint density at radius 1 is 1.10 bits per heavy atom. The minimum Gasteiger partial charge on any atom is -0.237 e. The lowest BCUT2D eigenvalue weighted by molar-refractivity contribution is -0.141. The first kappa shape index (κ1) is 14.9. The SMILES string of the molecule is CC(C)(C)c1cc(C(F)(F)F)nn1-c1cccc(Cl)c1. The van der Waals surface area contributed by atoms with Crippen LogP contribution < -0.4 is 0 Å². The van der Waals surface area contributed by atoms with Crippen molar-refractivity contribution in [3.05, 3.63) is 46.7 Å². The molecule has 108 valence electrons. The molecule has 1 aromatic heterocycles. The molecule has 0 bridgehead atoms. The molecule has 0 aliphatic rings. The summed E-state index contributed by atoms with van der Waals surface area (Å²) in [5.74, 6) is 0. The van der Waals surface area contributed by atoms with Crippen molar-refractivity contribution in [2.45, 2.75) is 32.4 Å². The molecule has 0 radical (unpaired) electrons. The molecule has 0 aliphatic heterocycles. The van der Waals surface area contributed by atoms with Crippen molar-refractivity contribution in [3.8, 4) is 5.69 Å². The lowest BCUT2D eigenvalue weighted by atomic mass is 9.91. The molecule has 0 saturated heterocycles. The number of aromatic nitrogens is 2. The third kappa shape index (κ3) is 2.98. The molecule has 0 fully saturated rings. The molecule has 6 heteroatoms. The zero-order valence-electron chi connectivity index (χ0n) is 11.3. The van der Waals surface area contributed by atoms with Gasteiger partial charge in [0.15, 0.2) is 5.69 Å². The largest absolute Gasteiger partial charge is 0.435 e. The van der Waals surface area contributed by atoms with Crippen LogP contribution in [-0.4, -0.2) is 9.78 Å². The molecule has 1 heterocycles. The Labute approximate surface area is 120 Å². The molecular weight excluding hydrogens is 289 g/mol. The van der Waals surface area contributed by atoms with Gasteiger partial charge in [0, 0.05) is 10.4 Å².